The maximum atomic E-state index is 3.79. The summed E-state index contributed by atoms with van der Waals surface area (Å²) in [6, 6.07) is 1.57. The Bertz CT molecular complexity index is 268. The van der Waals surface area contributed by atoms with Gasteiger partial charge in [-0.05, 0) is 50.6 Å². The Morgan fingerprint density at radius 2 is 1.79 bits per heavy atom. The van der Waals surface area contributed by atoms with E-state index in [0.29, 0.717) is 11.5 Å². The zero-order valence-corrected chi connectivity index (χ0v) is 13.5. The molecule has 2 nitrogen and oxygen atoms in total. The molecule has 2 unspecified atom stereocenters. The topological polar surface area (TPSA) is 15.3 Å². The predicted octanol–water partition coefficient (Wildman–Crippen LogP) is 3.67. The molecule has 1 N–H and O–H groups in total. The molecule has 0 bridgehead atoms. The van der Waals surface area contributed by atoms with Crippen molar-refractivity contribution < 1.29 is 0 Å². The van der Waals surface area contributed by atoms with Crippen molar-refractivity contribution in [1.29, 1.82) is 0 Å². The lowest BCUT2D eigenvalue weighted by Gasteiger charge is -2.46. The van der Waals surface area contributed by atoms with Crippen LogP contribution in [0.4, 0.5) is 0 Å². The van der Waals surface area contributed by atoms with Crippen LogP contribution in [-0.2, 0) is 0 Å². The Hall–Kier alpha value is -0.0800. The molecule has 0 spiro atoms. The maximum absolute atomic E-state index is 3.79. The van der Waals surface area contributed by atoms with Crippen LogP contribution in [0.25, 0.3) is 0 Å². The third-order valence-corrected chi connectivity index (χ3v) is 5.60. The van der Waals surface area contributed by atoms with Gasteiger partial charge in [0.15, 0.2) is 0 Å². The second-order valence-electron chi connectivity index (χ2n) is 7.55. The molecular weight excluding hydrogens is 232 g/mol. The Morgan fingerprint density at radius 3 is 2.42 bits per heavy atom. The molecule has 0 heterocycles. The molecule has 0 saturated heterocycles. The van der Waals surface area contributed by atoms with Crippen molar-refractivity contribution in [2.24, 2.45) is 11.3 Å². The molecule has 0 radical (unpaired) electrons. The van der Waals surface area contributed by atoms with Gasteiger partial charge in [0.25, 0.3) is 0 Å². The second kappa shape index (κ2) is 6.58. The standard InChI is InChI=1S/C17H34N2/c1-5-18-16-14(9-8-12-17(16,2)3)13-19(4)15-10-6-7-11-15/h14-16,18H,5-13H2,1-4H3. The zero-order valence-electron chi connectivity index (χ0n) is 13.5. The molecule has 2 saturated carbocycles. The Morgan fingerprint density at radius 1 is 1.11 bits per heavy atom. The number of nitrogens with one attached hydrogen (secondary N) is 1. The molecule has 0 aromatic heterocycles. The fourth-order valence-corrected chi connectivity index (χ4v) is 4.50. The lowest BCUT2D eigenvalue weighted by Crippen LogP contribution is -2.53. The minimum Gasteiger partial charge on any atom is -0.313 e. The van der Waals surface area contributed by atoms with Gasteiger partial charge >= 0.3 is 0 Å². The summed E-state index contributed by atoms with van der Waals surface area (Å²) in [7, 11) is 2.36. The first-order valence-corrected chi connectivity index (χ1v) is 8.48. The van der Waals surface area contributed by atoms with Gasteiger partial charge in [-0.2, -0.15) is 0 Å². The highest BCUT2D eigenvalue weighted by Gasteiger charge is 2.39. The molecule has 0 amide bonds. The van der Waals surface area contributed by atoms with Crippen molar-refractivity contribution in [3.63, 3.8) is 0 Å². The van der Waals surface area contributed by atoms with Gasteiger partial charge in [-0.15, -0.1) is 0 Å². The first-order chi connectivity index (χ1) is 9.04. The fraction of sp³-hybridized carbons (Fsp3) is 1.00. The van der Waals surface area contributed by atoms with E-state index in [2.05, 4.69) is 38.0 Å². The molecule has 2 aliphatic rings. The Labute approximate surface area is 120 Å². The third-order valence-electron chi connectivity index (χ3n) is 5.60. The maximum Gasteiger partial charge on any atom is 0.0159 e. The highest BCUT2D eigenvalue weighted by Crippen LogP contribution is 2.39. The molecule has 0 aromatic rings. The van der Waals surface area contributed by atoms with Crippen LogP contribution in [0, 0.1) is 11.3 Å². The average molecular weight is 266 g/mol. The van der Waals surface area contributed by atoms with E-state index in [1.165, 1.54) is 51.5 Å². The van der Waals surface area contributed by atoms with Crippen molar-refractivity contribution in [2.45, 2.75) is 77.8 Å². The lowest BCUT2D eigenvalue weighted by molar-refractivity contribution is 0.0758. The third kappa shape index (κ3) is 3.72. The van der Waals surface area contributed by atoms with Crippen LogP contribution < -0.4 is 5.32 Å². The van der Waals surface area contributed by atoms with Crippen molar-refractivity contribution in [3.05, 3.63) is 0 Å². The van der Waals surface area contributed by atoms with Crippen molar-refractivity contribution in [3.8, 4) is 0 Å². The fourth-order valence-electron chi connectivity index (χ4n) is 4.50. The van der Waals surface area contributed by atoms with Gasteiger partial charge in [0.05, 0.1) is 0 Å². The van der Waals surface area contributed by atoms with Crippen LogP contribution in [0.3, 0.4) is 0 Å². The summed E-state index contributed by atoms with van der Waals surface area (Å²) in [4.78, 5) is 2.67. The van der Waals surface area contributed by atoms with Crippen LogP contribution in [0.5, 0.6) is 0 Å². The van der Waals surface area contributed by atoms with E-state index >= 15 is 0 Å². The van der Waals surface area contributed by atoms with E-state index < -0.39 is 0 Å². The first kappa shape index (κ1) is 15.3. The van der Waals surface area contributed by atoms with Gasteiger partial charge in [-0.3, -0.25) is 0 Å². The van der Waals surface area contributed by atoms with Gasteiger partial charge < -0.3 is 10.2 Å². The summed E-state index contributed by atoms with van der Waals surface area (Å²) in [6.45, 7) is 9.58. The van der Waals surface area contributed by atoms with Crippen LogP contribution in [0.1, 0.15) is 65.7 Å². The summed E-state index contributed by atoms with van der Waals surface area (Å²) in [6.07, 6.45) is 9.96. The van der Waals surface area contributed by atoms with Crippen LogP contribution in [0.2, 0.25) is 0 Å². The number of rotatable bonds is 5. The highest BCUT2D eigenvalue weighted by atomic mass is 15.1. The normalized spacial score (nSPS) is 32.1. The molecule has 0 aliphatic heterocycles. The minimum atomic E-state index is 0.468. The Balaban J connectivity index is 1.95. The second-order valence-corrected chi connectivity index (χ2v) is 7.55. The van der Waals surface area contributed by atoms with E-state index in [4.69, 9.17) is 0 Å². The average Bonchev–Trinajstić information content (AvgIpc) is 2.87. The molecule has 112 valence electrons. The summed E-state index contributed by atoms with van der Waals surface area (Å²) < 4.78 is 0. The van der Waals surface area contributed by atoms with Crippen molar-refractivity contribution in [1.82, 2.24) is 10.2 Å². The highest BCUT2D eigenvalue weighted by molar-refractivity contribution is 4.94. The quantitative estimate of drug-likeness (QED) is 0.817. The summed E-state index contributed by atoms with van der Waals surface area (Å²) in [5.41, 5.74) is 0.468. The zero-order chi connectivity index (χ0) is 13.9. The number of nitrogens with zero attached hydrogens (tertiary/aromatic N) is 1. The molecule has 2 rings (SSSR count). The van der Waals surface area contributed by atoms with Gasteiger partial charge in [-0.25, -0.2) is 0 Å². The molecule has 2 aliphatic carbocycles. The molecule has 2 atom stereocenters. The summed E-state index contributed by atoms with van der Waals surface area (Å²) >= 11 is 0. The number of hydrogen-bond donors (Lipinski definition) is 1. The molecule has 19 heavy (non-hydrogen) atoms. The Kier molecular flexibility index (Phi) is 5.30. The van der Waals surface area contributed by atoms with E-state index in [0.717, 1.165) is 18.5 Å². The number of hydrogen-bond acceptors (Lipinski definition) is 2. The smallest absolute Gasteiger partial charge is 0.0159 e. The molecular formula is C17H34N2. The van der Waals surface area contributed by atoms with E-state index in [9.17, 15) is 0 Å². The van der Waals surface area contributed by atoms with Crippen LogP contribution >= 0.6 is 0 Å². The van der Waals surface area contributed by atoms with Gasteiger partial charge in [0.2, 0.25) is 0 Å². The van der Waals surface area contributed by atoms with E-state index in [1.54, 1.807) is 0 Å². The minimum absolute atomic E-state index is 0.468. The largest absolute Gasteiger partial charge is 0.313 e. The van der Waals surface area contributed by atoms with E-state index in [-0.39, 0.29) is 0 Å². The van der Waals surface area contributed by atoms with E-state index in [1.807, 2.05) is 0 Å². The first-order valence-electron chi connectivity index (χ1n) is 8.48. The SMILES string of the molecule is CCNC1C(CN(C)C2CCCC2)CCCC1(C)C. The van der Waals surface area contributed by atoms with Crippen LogP contribution in [0.15, 0.2) is 0 Å². The predicted molar refractivity (Wildman–Crippen MR) is 83.5 cm³/mol. The van der Waals surface area contributed by atoms with Crippen molar-refractivity contribution in [2.75, 3.05) is 20.1 Å². The van der Waals surface area contributed by atoms with Gasteiger partial charge in [-0.1, -0.05) is 40.0 Å². The molecule has 2 fully saturated rings. The molecule has 0 aromatic carbocycles. The van der Waals surface area contributed by atoms with Gasteiger partial charge in [0.1, 0.15) is 0 Å². The molecule has 2 heteroatoms. The van der Waals surface area contributed by atoms with Gasteiger partial charge in [0, 0.05) is 18.6 Å². The lowest BCUT2D eigenvalue weighted by atomic mass is 9.67. The monoisotopic (exact) mass is 266 g/mol. The summed E-state index contributed by atoms with van der Waals surface area (Å²) in [5, 5.41) is 3.79. The van der Waals surface area contributed by atoms with Crippen LogP contribution in [-0.4, -0.2) is 37.1 Å². The van der Waals surface area contributed by atoms with Crippen molar-refractivity contribution >= 4 is 0 Å². The summed E-state index contributed by atoms with van der Waals surface area (Å²) in [5.74, 6) is 0.842.